The van der Waals surface area contributed by atoms with Gasteiger partial charge in [-0.2, -0.15) is 0 Å². The summed E-state index contributed by atoms with van der Waals surface area (Å²) in [4.78, 5) is 0. The summed E-state index contributed by atoms with van der Waals surface area (Å²) in [6.45, 7) is 0. The van der Waals surface area contributed by atoms with Gasteiger partial charge in [0.2, 0.25) is 0 Å². The van der Waals surface area contributed by atoms with Crippen LogP contribution in [-0.4, -0.2) is 6.04 Å². The highest BCUT2D eigenvalue weighted by atomic mass is 14.9. The van der Waals surface area contributed by atoms with Crippen molar-refractivity contribution in [2.24, 2.45) is 11.5 Å². The topological polar surface area (TPSA) is 52.0 Å². The molecule has 1 aliphatic rings. The standard InChI is InChI=1S/C10H14N2/c11-9-6-10(12,7-9)8-4-2-1-3-5-8/h1-5,9H,6-7,11-12H2. The highest BCUT2D eigenvalue weighted by Gasteiger charge is 2.39. The minimum Gasteiger partial charge on any atom is -0.328 e. The Kier molecular flexibility index (Phi) is 1.67. The molecule has 12 heavy (non-hydrogen) atoms. The quantitative estimate of drug-likeness (QED) is 0.646. The summed E-state index contributed by atoms with van der Waals surface area (Å²) in [6, 6.07) is 10.5. The predicted octanol–water partition coefficient (Wildman–Crippen LogP) is 0.962. The highest BCUT2D eigenvalue weighted by molar-refractivity contribution is 5.27. The lowest BCUT2D eigenvalue weighted by Crippen LogP contribution is -2.55. The van der Waals surface area contributed by atoms with Gasteiger partial charge in [0.05, 0.1) is 0 Å². The van der Waals surface area contributed by atoms with E-state index in [0.29, 0.717) is 6.04 Å². The van der Waals surface area contributed by atoms with Gasteiger partial charge in [-0.15, -0.1) is 0 Å². The van der Waals surface area contributed by atoms with Crippen LogP contribution < -0.4 is 11.5 Å². The molecule has 0 amide bonds. The highest BCUT2D eigenvalue weighted by Crippen LogP contribution is 2.37. The first-order valence-corrected chi connectivity index (χ1v) is 4.31. The van der Waals surface area contributed by atoms with Crippen molar-refractivity contribution in [2.75, 3.05) is 0 Å². The third-order valence-electron chi connectivity index (χ3n) is 2.60. The van der Waals surface area contributed by atoms with Gasteiger partial charge in [-0.05, 0) is 18.4 Å². The lowest BCUT2D eigenvalue weighted by atomic mass is 9.69. The Morgan fingerprint density at radius 1 is 1.17 bits per heavy atom. The zero-order valence-electron chi connectivity index (χ0n) is 7.03. The van der Waals surface area contributed by atoms with Gasteiger partial charge in [0, 0.05) is 11.6 Å². The summed E-state index contributed by atoms with van der Waals surface area (Å²) in [5, 5.41) is 0. The molecule has 2 rings (SSSR count). The number of benzene rings is 1. The van der Waals surface area contributed by atoms with Gasteiger partial charge < -0.3 is 11.5 Å². The van der Waals surface area contributed by atoms with Crippen molar-refractivity contribution in [3.05, 3.63) is 35.9 Å². The van der Waals surface area contributed by atoms with Crippen molar-refractivity contribution in [2.45, 2.75) is 24.4 Å². The summed E-state index contributed by atoms with van der Waals surface area (Å²) >= 11 is 0. The van der Waals surface area contributed by atoms with Crippen LogP contribution in [0.2, 0.25) is 0 Å². The lowest BCUT2D eigenvalue weighted by molar-refractivity contribution is 0.211. The van der Waals surface area contributed by atoms with Gasteiger partial charge in [0.15, 0.2) is 0 Å². The van der Waals surface area contributed by atoms with Gasteiger partial charge in [-0.1, -0.05) is 30.3 Å². The van der Waals surface area contributed by atoms with Crippen LogP contribution in [0.5, 0.6) is 0 Å². The molecule has 0 atom stereocenters. The largest absolute Gasteiger partial charge is 0.328 e. The molecule has 1 fully saturated rings. The van der Waals surface area contributed by atoms with Crippen molar-refractivity contribution in [3.8, 4) is 0 Å². The van der Waals surface area contributed by atoms with Crippen molar-refractivity contribution in [1.29, 1.82) is 0 Å². The van der Waals surface area contributed by atoms with Crippen LogP contribution in [0.25, 0.3) is 0 Å². The molecule has 1 saturated carbocycles. The second kappa shape index (κ2) is 2.57. The first-order valence-electron chi connectivity index (χ1n) is 4.31. The van der Waals surface area contributed by atoms with Crippen molar-refractivity contribution in [3.63, 3.8) is 0 Å². The fourth-order valence-corrected chi connectivity index (χ4v) is 1.88. The number of nitrogens with two attached hydrogens (primary N) is 2. The summed E-state index contributed by atoms with van der Waals surface area (Å²) in [5.74, 6) is 0. The van der Waals surface area contributed by atoms with E-state index >= 15 is 0 Å². The number of hydrogen-bond acceptors (Lipinski definition) is 2. The molecule has 0 bridgehead atoms. The van der Waals surface area contributed by atoms with Crippen LogP contribution in [0.1, 0.15) is 18.4 Å². The number of hydrogen-bond donors (Lipinski definition) is 2. The molecule has 0 spiro atoms. The molecule has 0 radical (unpaired) electrons. The van der Waals surface area contributed by atoms with E-state index in [1.54, 1.807) is 0 Å². The second-order valence-electron chi connectivity index (χ2n) is 3.69. The maximum atomic E-state index is 6.13. The summed E-state index contributed by atoms with van der Waals surface area (Å²) in [6.07, 6.45) is 1.83. The smallest absolute Gasteiger partial charge is 0.0439 e. The molecule has 2 nitrogen and oxygen atoms in total. The van der Waals surface area contributed by atoms with E-state index in [-0.39, 0.29) is 5.54 Å². The minimum absolute atomic E-state index is 0.138. The normalized spacial score (nSPS) is 34.3. The monoisotopic (exact) mass is 162 g/mol. The zero-order chi connectivity index (χ0) is 8.60. The average molecular weight is 162 g/mol. The van der Waals surface area contributed by atoms with Crippen LogP contribution in [0.15, 0.2) is 30.3 Å². The molecule has 64 valence electrons. The fraction of sp³-hybridized carbons (Fsp3) is 0.400. The fourth-order valence-electron chi connectivity index (χ4n) is 1.88. The molecular weight excluding hydrogens is 148 g/mol. The third kappa shape index (κ3) is 1.13. The van der Waals surface area contributed by atoms with Crippen molar-refractivity contribution in [1.82, 2.24) is 0 Å². The Labute approximate surface area is 72.6 Å². The maximum Gasteiger partial charge on any atom is 0.0439 e. The van der Waals surface area contributed by atoms with E-state index in [4.69, 9.17) is 11.5 Å². The molecule has 0 aromatic heterocycles. The Balaban J connectivity index is 2.21. The lowest BCUT2D eigenvalue weighted by Gasteiger charge is -2.43. The van der Waals surface area contributed by atoms with Gasteiger partial charge in [0.1, 0.15) is 0 Å². The van der Waals surface area contributed by atoms with Gasteiger partial charge in [-0.25, -0.2) is 0 Å². The average Bonchev–Trinajstić information content (AvgIpc) is 2.04. The zero-order valence-corrected chi connectivity index (χ0v) is 7.03. The van der Waals surface area contributed by atoms with E-state index in [1.807, 2.05) is 18.2 Å². The van der Waals surface area contributed by atoms with Gasteiger partial charge in [0.25, 0.3) is 0 Å². The summed E-state index contributed by atoms with van der Waals surface area (Å²) in [7, 11) is 0. The van der Waals surface area contributed by atoms with E-state index < -0.39 is 0 Å². The molecule has 2 heteroatoms. The maximum absolute atomic E-state index is 6.13. The van der Waals surface area contributed by atoms with Crippen molar-refractivity contribution < 1.29 is 0 Å². The Bertz CT molecular complexity index is 262. The van der Waals surface area contributed by atoms with E-state index in [1.165, 1.54) is 5.56 Å². The summed E-state index contributed by atoms with van der Waals surface area (Å²) in [5.41, 5.74) is 12.9. The third-order valence-corrected chi connectivity index (χ3v) is 2.60. The van der Waals surface area contributed by atoms with E-state index in [2.05, 4.69) is 12.1 Å². The van der Waals surface area contributed by atoms with Crippen molar-refractivity contribution >= 4 is 0 Å². The Hall–Kier alpha value is -0.860. The molecule has 0 heterocycles. The molecule has 0 unspecified atom stereocenters. The number of rotatable bonds is 1. The van der Waals surface area contributed by atoms with Crippen LogP contribution in [-0.2, 0) is 5.54 Å². The molecule has 0 saturated heterocycles. The second-order valence-corrected chi connectivity index (χ2v) is 3.69. The molecular formula is C10H14N2. The molecule has 0 aliphatic heterocycles. The first-order chi connectivity index (χ1) is 5.71. The van der Waals surface area contributed by atoms with Crippen LogP contribution in [0.4, 0.5) is 0 Å². The first kappa shape index (κ1) is 7.77. The van der Waals surface area contributed by atoms with Crippen LogP contribution in [0.3, 0.4) is 0 Å². The van der Waals surface area contributed by atoms with E-state index in [9.17, 15) is 0 Å². The molecule has 1 aliphatic carbocycles. The van der Waals surface area contributed by atoms with Gasteiger partial charge in [-0.3, -0.25) is 0 Å². The van der Waals surface area contributed by atoms with E-state index in [0.717, 1.165) is 12.8 Å². The SMILES string of the molecule is NC1CC(N)(c2ccccc2)C1. The Morgan fingerprint density at radius 2 is 1.75 bits per heavy atom. The minimum atomic E-state index is -0.138. The molecule has 4 N–H and O–H groups in total. The summed E-state index contributed by atoms with van der Waals surface area (Å²) < 4.78 is 0. The molecule has 1 aromatic rings. The van der Waals surface area contributed by atoms with Gasteiger partial charge >= 0.3 is 0 Å². The molecule has 1 aromatic carbocycles. The van der Waals surface area contributed by atoms with Crippen LogP contribution >= 0.6 is 0 Å². The Morgan fingerprint density at radius 3 is 2.25 bits per heavy atom. The predicted molar refractivity (Wildman–Crippen MR) is 49.5 cm³/mol. The van der Waals surface area contributed by atoms with Crippen LogP contribution in [0, 0.1) is 0 Å².